The fourth-order valence-electron chi connectivity index (χ4n) is 5.81. The highest BCUT2D eigenvalue weighted by Gasteiger charge is 2.17. The minimum absolute atomic E-state index is 0. The maximum absolute atomic E-state index is 12.4. The molecule has 58 heavy (non-hydrogen) atoms. The van der Waals surface area contributed by atoms with Gasteiger partial charge < -0.3 is 30.0 Å². The van der Waals surface area contributed by atoms with E-state index in [0.717, 1.165) is 33.4 Å². The van der Waals surface area contributed by atoms with E-state index in [1.165, 1.54) is 63.3 Å². The molecule has 0 aliphatic rings. The number of fused-ring (bicyclic) bond motifs is 2. The molecule has 18 nitrogen and oxygen atoms in total. The highest BCUT2D eigenvalue weighted by Crippen LogP contribution is 2.13. The second-order valence-electron chi connectivity index (χ2n) is 13.6. The van der Waals surface area contributed by atoms with Gasteiger partial charge in [0.2, 0.25) is 11.1 Å². The molecule has 0 aliphatic carbocycles. The van der Waals surface area contributed by atoms with E-state index < -0.39 is 27.7 Å². The van der Waals surface area contributed by atoms with Gasteiger partial charge in [-0.1, -0.05) is 31.7 Å². The second kappa shape index (κ2) is 20.2. The zero-order chi connectivity index (χ0) is 42.1. The molecule has 0 saturated heterocycles. The second-order valence-corrected chi connectivity index (χ2v) is 14.0. The number of imidazole rings is 2. The highest BCUT2D eigenvalue weighted by atomic mass is 35.5. The molecule has 0 atom stereocenters. The minimum Gasteiger partial charge on any atom is -0.378 e. The molecule has 0 fully saturated rings. The van der Waals surface area contributed by atoms with Gasteiger partial charge in [0, 0.05) is 74.3 Å². The number of benzene rings is 2. The quantitative estimate of drug-likeness (QED) is 0.176. The third-order valence-corrected chi connectivity index (χ3v) is 9.24. The predicted octanol–water partition coefficient (Wildman–Crippen LogP) is 0.948. The van der Waals surface area contributed by atoms with Crippen LogP contribution in [0.1, 0.15) is 18.6 Å². The predicted molar refractivity (Wildman–Crippen MR) is 229 cm³/mol. The lowest BCUT2D eigenvalue weighted by Gasteiger charge is -2.13. The van der Waals surface area contributed by atoms with E-state index in [0.29, 0.717) is 13.0 Å². The van der Waals surface area contributed by atoms with E-state index in [2.05, 4.69) is 44.5 Å². The molecule has 4 aromatic heterocycles. The molecule has 0 bridgehead atoms. The Morgan fingerprint density at radius 3 is 1.43 bits per heavy atom. The number of halogens is 1. The van der Waals surface area contributed by atoms with Crippen molar-refractivity contribution in [2.75, 3.05) is 51.1 Å². The van der Waals surface area contributed by atoms with Gasteiger partial charge >= 0.3 is 11.4 Å². The van der Waals surface area contributed by atoms with Crippen LogP contribution in [0.4, 0.5) is 11.4 Å². The summed E-state index contributed by atoms with van der Waals surface area (Å²) in [5.74, 6) is -0.222. The Kier molecular flexibility index (Phi) is 16.1. The van der Waals surface area contributed by atoms with Crippen LogP contribution in [0, 0.1) is 0 Å². The normalized spacial score (nSPS) is 10.6. The smallest absolute Gasteiger partial charge is 0.332 e. The number of nitrogens with two attached hydrogens (primary N) is 1. The van der Waals surface area contributed by atoms with Crippen LogP contribution >= 0.6 is 11.6 Å². The van der Waals surface area contributed by atoms with E-state index >= 15 is 0 Å². The van der Waals surface area contributed by atoms with Crippen molar-refractivity contribution in [1.82, 2.24) is 42.7 Å². The minimum atomic E-state index is -0.611. The number of nitrogens with zero attached hydrogens (tertiary/aromatic N) is 10. The summed E-state index contributed by atoms with van der Waals surface area (Å²) in [6, 6.07) is 16.6. The summed E-state index contributed by atoms with van der Waals surface area (Å²) in [5.41, 5.74) is 9.27. The summed E-state index contributed by atoms with van der Waals surface area (Å²) < 4.78 is 7.30. The number of carbonyl (C=O) groups excluding carboxylic acids is 2. The molecule has 0 aliphatic heterocycles. The zero-order valence-corrected chi connectivity index (χ0v) is 34.1. The van der Waals surface area contributed by atoms with Crippen molar-refractivity contribution in [3.63, 3.8) is 0 Å². The molecule has 3 N–H and O–H groups in total. The Morgan fingerprint density at radius 2 is 1.05 bits per heavy atom. The van der Waals surface area contributed by atoms with Crippen LogP contribution in [0.25, 0.3) is 22.3 Å². The van der Waals surface area contributed by atoms with Crippen LogP contribution in [0.3, 0.4) is 0 Å². The van der Waals surface area contributed by atoms with Gasteiger partial charge in [0.15, 0.2) is 22.3 Å². The van der Waals surface area contributed by atoms with E-state index in [9.17, 15) is 28.8 Å². The van der Waals surface area contributed by atoms with Gasteiger partial charge in [-0.2, -0.15) is 0 Å². The first-order valence-electron chi connectivity index (χ1n) is 17.9. The number of amides is 1. The van der Waals surface area contributed by atoms with Crippen LogP contribution in [0.5, 0.6) is 0 Å². The summed E-state index contributed by atoms with van der Waals surface area (Å²) in [5, 5.41) is 2.25. The van der Waals surface area contributed by atoms with Crippen molar-refractivity contribution in [2.24, 2.45) is 33.9 Å². The fourth-order valence-corrected chi connectivity index (χ4v) is 5.94. The van der Waals surface area contributed by atoms with Crippen molar-refractivity contribution < 1.29 is 9.59 Å². The molecule has 19 heteroatoms. The molecule has 4 heterocycles. The molecular weight excluding hydrogens is 768 g/mol. The summed E-state index contributed by atoms with van der Waals surface area (Å²) in [4.78, 5) is 83.2. The first-order chi connectivity index (χ1) is 27.0. The van der Waals surface area contributed by atoms with E-state index in [4.69, 9.17) is 17.3 Å². The van der Waals surface area contributed by atoms with Gasteiger partial charge in [0.1, 0.15) is 6.54 Å². The van der Waals surface area contributed by atoms with Crippen LogP contribution in [0.2, 0.25) is 0 Å². The molecule has 0 radical (unpaired) electrons. The molecule has 0 saturated carbocycles. The lowest BCUT2D eigenvalue weighted by Crippen LogP contribution is -2.38. The van der Waals surface area contributed by atoms with Crippen molar-refractivity contribution in [1.29, 1.82) is 0 Å². The average Bonchev–Trinajstić information content (AvgIpc) is 3.80. The topological polar surface area (TPSA) is 202 Å². The van der Waals surface area contributed by atoms with Crippen molar-refractivity contribution in [3.05, 3.63) is 114 Å². The fraction of sp³-hybridized carbons (Fsp3) is 0.385. The van der Waals surface area contributed by atoms with Crippen molar-refractivity contribution >= 4 is 56.5 Å². The van der Waals surface area contributed by atoms with Gasteiger partial charge in [-0.25, -0.2) is 19.6 Å². The number of rotatable bonds is 11. The largest absolute Gasteiger partial charge is 0.378 e. The SMILES string of the molecule is C.CN(C)c1ccc(CCN)cc1.CN(C)c1ccc(CCNC(=O)Cn2cnc3c2c(=O)n(C)c(=O)n3C)cc1.Cn1c(=O)c2c(ncn2CC(=O)Cl)n(C)c1=O. The number of hydrogen-bond donors (Lipinski definition) is 2. The Hall–Kier alpha value is -6.27. The maximum Gasteiger partial charge on any atom is 0.332 e. The van der Waals surface area contributed by atoms with Gasteiger partial charge in [-0.3, -0.25) is 37.4 Å². The van der Waals surface area contributed by atoms with Crippen LogP contribution in [-0.2, 0) is 63.7 Å². The molecule has 0 unspecified atom stereocenters. The third kappa shape index (κ3) is 10.8. The maximum atomic E-state index is 12.4. The van der Waals surface area contributed by atoms with E-state index in [1.807, 2.05) is 57.4 Å². The van der Waals surface area contributed by atoms with Gasteiger partial charge in [0.25, 0.3) is 11.1 Å². The average molecular weight is 821 g/mol. The molecule has 0 spiro atoms. The van der Waals surface area contributed by atoms with Crippen molar-refractivity contribution in [2.45, 2.75) is 33.4 Å². The number of anilines is 2. The monoisotopic (exact) mass is 820 g/mol. The Bertz CT molecular complexity index is 2600. The number of carbonyl (C=O) groups is 2. The Morgan fingerprint density at radius 1 is 0.655 bits per heavy atom. The summed E-state index contributed by atoms with van der Waals surface area (Å²) in [6.45, 7) is 1.01. The lowest BCUT2D eigenvalue weighted by molar-refractivity contribution is -0.121. The number of nitrogens with one attached hydrogen (secondary N) is 1. The molecule has 312 valence electrons. The Labute approximate surface area is 340 Å². The summed E-state index contributed by atoms with van der Waals surface area (Å²) in [6.07, 6.45) is 4.39. The third-order valence-electron chi connectivity index (χ3n) is 9.12. The standard InChI is InChI=1S/C19H24N6O3.C10H16N2.C9H9ClN4O3.CH4/c1-22(2)14-7-5-13(6-8-14)9-10-20-15(26)11-25-12-21-17-16(25)18(27)24(4)19(28)23(17)3;1-12(2)10-5-3-9(4-6-10)7-8-11;1-12-7-6(8(16)13(2)9(12)17)14(4-11-7)3-5(10)15;/h5-8,12H,9-11H2,1-4H3,(H,20,26);3-6H,7-8,11H2,1-2H3;4H,3H2,1-2H3;1H4. The lowest BCUT2D eigenvalue weighted by atomic mass is 10.1. The van der Waals surface area contributed by atoms with Crippen LogP contribution in [0.15, 0.2) is 80.4 Å². The summed E-state index contributed by atoms with van der Waals surface area (Å²) in [7, 11) is 13.9. The number of aromatic nitrogens is 8. The van der Waals surface area contributed by atoms with E-state index in [1.54, 1.807) is 7.05 Å². The number of hydrogen-bond acceptors (Lipinski definition) is 11. The molecule has 6 aromatic rings. The zero-order valence-electron chi connectivity index (χ0n) is 33.4. The first kappa shape index (κ1) is 46.1. The van der Waals surface area contributed by atoms with Crippen LogP contribution < -0.4 is 43.3 Å². The molecule has 1 amide bonds. The first-order valence-corrected chi connectivity index (χ1v) is 18.2. The van der Waals surface area contributed by atoms with Gasteiger partial charge in [-0.05, 0) is 66.4 Å². The van der Waals surface area contributed by atoms with E-state index in [-0.39, 0.29) is 48.8 Å². The van der Waals surface area contributed by atoms with Gasteiger partial charge in [-0.15, -0.1) is 0 Å². The highest BCUT2D eigenvalue weighted by molar-refractivity contribution is 6.63. The summed E-state index contributed by atoms with van der Waals surface area (Å²) >= 11 is 5.27. The Balaban J connectivity index is 0.000000255. The van der Waals surface area contributed by atoms with Crippen LogP contribution in [-0.4, -0.2) is 89.8 Å². The van der Waals surface area contributed by atoms with Gasteiger partial charge in [0.05, 0.1) is 19.2 Å². The molecule has 6 rings (SSSR count). The van der Waals surface area contributed by atoms with Crippen molar-refractivity contribution in [3.8, 4) is 0 Å². The number of aryl methyl sites for hydroxylation is 2. The molecule has 2 aromatic carbocycles. The molecular formula is C39H53ClN12O6.